The quantitative estimate of drug-likeness (QED) is 0.426. The Morgan fingerprint density at radius 2 is 2.38 bits per heavy atom. The number of likely N-dealkylation sites (N-methyl/N-ethyl adjacent to an activating group) is 1. The Hall–Kier alpha value is -1.82. The zero-order chi connectivity index (χ0) is 17.2. The van der Waals surface area contributed by atoms with Gasteiger partial charge in [0.05, 0.1) is 11.3 Å². The Labute approximate surface area is 148 Å². The van der Waals surface area contributed by atoms with E-state index in [9.17, 15) is 0 Å². The molecule has 2 aromatic heterocycles. The summed E-state index contributed by atoms with van der Waals surface area (Å²) >= 11 is 1.71. The van der Waals surface area contributed by atoms with Gasteiger partial charge in [-0.25, -0.2) is 4.98 Å². The van der Waals surface area contributed by atoms with Crippen LogP contribution >= 0.6 is 11.3 Å². The summed E-state index contributed by atoms with van der Waals surface area (Å²) in [6.07, 6.45) is 6.71. The summed E-state index contributed by atoms with van der Waals surface area (Å²) in [5.41, 5.74) is 0. The number of aliphatic imine (C=N–C) groups is 1. The number of aromatic nitrogens is 1. The molecule has 2 rings (SSSR count). The van der Waals surface area contributed by atoms with Crippen molar-refractivity contribution in [2.75, 3.05) is 26.7 Å². The van der Waals surface area contributed by atoms with Crippen LogP contribution in [0.25, 0.3) is 0 Å². The predicted octanol–water partition coefficient (Wildman–Crippen LogP) is 3.76. The lowest BCUT2D eigenvalue weighted by Gasteiger charge is -2.25. The van der Waals surface area contributed by atoms with Gasteiger partial charge in [-0.1, -0.05) is 20.3 Å². The molecule has 0 saturated carbocycles. The highest BCUT2D eigenvalue weighted by molar-refractivity contribution is 7.09. The second-order valence-corrected chi connectivity index (χ2v) is 6.89. The van der Waals surface area contributed by atoms with Crippen molar-refractivity contribution in [1.82, 2.24) is 15.2 Å². The van der Waals surface area contributed by atoms with Crippen molar-refractivity contribution in [2.24, 2.45) is 4.99 Å². The minimum atomic E-state index is 0.387. The molecular weight excluding hydrogens is 320 g/mol. The Balaban J connectivity index is 1.89. The minimum absolute atomic E-state index is 0.387. The van der Waals surface area contributed by atoms with Crippen molar-refractivity contribution in [3.63, 3.8) is 0 Å². The number of hydrogen-bond acceptors (Lipinski definition) is 4. The minimum Gasteiger partial charge on any atom is -0.469 e. The lowest BCUT2D eigenvalue weighted by molar-refractivity contribution is 0.442. The van der Waals surface area contributed by atoms with Crippen LogP contribution in [0, 0.1) is 0 Å². The molecule has 0 radical (unpaired) electrons. The summed E-state index contributed by atoms with van der Waals surface area (Å²) in [5, 5.41) is 6.67. The summed E-state index contributed by atoms with van der Waals surface area (Å²) in [4.78, 5) is 11.4. The van der Waals surface area contributed by atoms with E-state index in [0.717, 1.165) is 50.6 Å². The van der Waals surface area contributed by atoms with Crippen LogP contribution in [0.1, 0.15) is 43.4 Å². The van der Waals surface area contributed by atoms with Gasteiger partial charge in [-0.05, 0) is 18.6 Å². The molecule has 132 valence electrons. The van der Waals surface area contributed by atoms with Crippen LogP contribution in [0.5, 0.6) is 0 Å². The van der Waals surface area contributed by atoms with Gasteiger partial charge in [0, 0.05) is 50.6 Å². The standard InChI is InChI=1S/C18H28N4OS/c1-4-5-9-20-18(21-10-8-16-7-6-12-23-16)22(3)14-15(2)17-19-11-13-24-17/h6-7,11-13,15H,4-5,8-10,14H2,1-3H3,(H,20,21). The molecule has 0 saturated heterocycles. The molecule has 6 heteroatoms. The van der Waals surface area contributed by atoms with Crippen LogP contribution in [0.15, 0.2) is 39.4 Å². The molecular formula is C18H28N4OS. The number of rotatable bonds is 9. The van der Waals surface area contributed by atoms with Gasteiger partial charge >= 0.3 is 0 Å². The number of nitrogens with zero attached hydrogens (tertiary/aromatic N) is 3. The summed E-state index contributed by atoms with van der Waals surface area (Å²) in [5.74, 6) is 2.34. The van der Waals surface area contributed by atoms with E-state index in [-0.39, 0.29) is 0 Å². The highest BCUT2D eigenvalue weighted by Gasteiger charge is 2.14. The van der Waals surface area contributed by atoms with Crippen molar-refractivity contribution in [3.05, 3.63) is 40.7 Å². The largest absolute Gasteiger partial charge is 0.469 e. The van der Waals surface area contributed by atoms with E-state index in [1.807, 2.05) is 23.7 Å². The highest BCUT2D eigenvalue weighted by Crippen LogP contribution is 2.18. The topological polar surface area (TPSA) is 53.7 Å². The predicted molar refractivity (Wildman–Crippen MR) is 101 cm³/mol. The summed E-state index contributed by atoms with van der Waals surface area (Å²) in [7, 11) is 2.09. The number of furan rings is 1. The molecule has 24 heavy (non-hydrogen) atoms. The number of thiazole rings is 1. The van der Waals surface area contributed by atoms with Gasteiger partial charge in [-0.15, -0.1) is 11.3 Å². The first-order valence-electron chi connectivity index (χ1n) is 8.62. The summed E-state index contributed by atoms with van der Waals surface area (Å²) in [6.45, 7) is 6.96. The number of unbranched alkanes of at least 4 members (excludes halogenated alkanes) is 1. The molecule has 0 fully saturated rings. The van der Waals surface area contributed by atoms with Gasteiger partial charge in [0.15, 0.2) is 5.96 Å². The zero-order valence-corrected chi connectivity index (χ0v) is 15.7. The Morgan fingerprint density at radius 3 is 3.04 bits per heavy atom. The molecule has 0 aliphatic rings. The van der Waals surface area contributed by atoms with Gasteiger partial charge in [-0.3, -0.25) is 4.99 Å². The third-order valence-corrected chi connectivity index (χ3v) is 4.80. The molecule has 0 spiro atoms. The van der Waals surface area contributed by atoms with Crippen molar-refractivity contribution in [2.45, 2.75) is 39.0 Å². The molecule has 2 aromatic rings. The molecule has 1 unspecified atom stereocenters. The van der Waals surface area contributed by atoms with E-state index in [4.69, 9.17) is 9.41 Å². The fourth-order valence-electron chi connectivity index (χ4n) is 2.46. The van der Waals surface area contributed by atoms with Crippen LogP contribution in [0.2, 0.25) is 0 Å². The van der Waals surface area contributed by atoms with Crippen molar-refractivity contribution in [3.8, 4) is 0 Å². The lowest BCUT2D eigenvalue weighted by atomic mass is 10.2. The molecule has 0 bridgehead atoms. The number of guanidine groups is 1. The van der Waals surface area contributed by atoms with E-state index in [2.05, 4.69) is 36.1 Å². The molecule has 0 aliphatic carbocycles. The average molecular weight is 349 g/mol. The third-order valence-electron chi connectivity index (χ3n) is 3.79. The van der Waals surface area contributed by atoms with Crippen LogP contribution in [-0.4, -0.2) is 42.5 Å². The van der Waals surface area contributed by atoms with Gasteiger partial charge in [-0.2, -0.15) is 0 Å². The van der Waals surface area contributed by atoms with Gasteiger partial charge in [0.1, 0.15) is 5.76 Å². The normalized spacial score (nSPS) is 13.0. The van der Waals surface area contributed by atoms with Gasteiger partial charge in [0.2, 0.25) is 0 Å². The first-order chi connectivity index (χ1) is 11.7. The van der Waals surface area contributed by atoms with Crippen LogP contribution < -0.4 is 5.32 Å². The van der Waals surface area contributed by atoms with Crippen molar-refractivity contribution >= 4 is 17.3 Å². The Bertz CT molecular complexity index is 580. The van der Waals surface area contributed by atoms with Crippen LogP contribution in [0.3, 0.4) is 0 Å². The second kappa shape index (κ2) is 10.1. The fourth-order valence-corrected chi connectivity index (χ4v) is 3.15. The summed E-state index contributed by atoms with van der Waals surface area (Å²) < 4.78 is 5.39. The van der Waals surface area contributed by atoms with E-state index >= 15 is 0 Å². The number of nitrogens with one attached hydrogen (secondary N) is 1. The van der Waals surface area contributed by atoms with Gasteiger partial charge in [0.25, 0.3) is 0 Å². The monoisotopic (exact) mass is 348 g/mol. The number of hydrogen-bond donors (Lipinski definition) is 1. The summed E-state index contributed by atoms with van der Waals surface area (Å²) in [6, 6.07) is 3.93. The van der Waals surface area contributed by atoms with Crippen molar-refractivity contribution in [1.29, 1.82) is 0 Å². The van der Waals surface area contributed by atoms with E-state index in [1.165, 1.54) is 5.01 Å². The smallest absolute Gasteiger partial charge is 0.193 e. The molecule has 0 aromatic carbocycles. The maximum Gasteiger partial charge on any atom is 0.193 e. The van der Waals surface area contributed by atoms with E-state index in [0.29, 0.717) is 5.92 Å². The first-order valence-corrected chi connectivity index (χ1v) is 9.50. The maximum absolute atomic E-state index is 5.39. The molecule has 2 heterocycles. The zero-order valence-electron chi connectivity index (χ0n) is 14.9. The average Bonchev–Trinajstić information content (AvgIpc) is 3.27. The fraction of sp³-hybridized carbons (Fsp3) is 0.556. The Kier molecular flexibility index (Phi) is 7.82. The maximum atomic E-state index is 5.39. The molecule has 0 aliphatic heterocycles. The second-order valence-electron chi connectivity index (χ2n) is 5.97. The van der Waals surface area contributed by atoms with Gasteiger partial charge < -0.3 is 14.6 Å². The van der Waals surface area contributed by atoms with Crippen LogP contribution in [0.4, 0.5) is 0 Å². The van der Waals surface area contributed by atoms with E-state index < -0.39 is 0 Å². The first kappa shape index (κ1) is 18.5. The lowest BCUT2D eigenvalue weighted by Crippen LogP contribution is -2.41. The molecule has 5 nitrogen and oxygen atoms in total. The molecule has 0 amide bonds. The third kappa shape index (κ3) is 6.00. The van der Waals surface area contributed by atoms with Crippen molar-refractivity contribution < 1.29 is 4.42 Å². The Morgan fingerprint density at radius 1 is 1.50 bits per heavy atom. The SMILES string of the molecule is CCCCN=C(NCCc1ccco1)N(C)CC(C)c1nccs1. The van der Waals surface area contributed by atoms with E-state index in [1.54, 1.807) is 17.6 Å². The van der Waals surface area contributed by atoms with Crippen LogP contribution in [-0.2, 0) is 6.42 Å². The highest BCUT2D eigenvalue weighted by atomic mass is 32.1. The molecule has 1 N–H and O–H groups in total. The molecule has 1 atom stereocenters.